The molecule has 2 aromatic carbocycles. The van der Waals surface area contributed by atoms with Crippen LogP contribution in [0.2, 0.25) is 0 Å². The van der Waals surface area contributed by atoms with E-state index >= 15 is 0 Å². The first-order valence-electron chi connectivity index (χ1n) is 7.86. The van der Waals surface area contributed by atoms with Crippen LogP contribution in [0.1, 0.15) is 5.56 Å². The number of rotatable bonds is 6. The molecule has 3 aromatic rings. The summed E-state index contributed by atoms with van der Waals surface area (Å²) in [5.74, 6) is 0.847. The van der Waals surface area contributed by atoms with E-state index in [0.29, 0.717) is 18.7 Å². The second-order valence-electron chi connectivity index (χ2n) is 5.49. The van der Waals surface area contributed by atoms with Crippen molar-refractivity contribution in [2.24, 2.45) is 5.73 Å². The minimum absolute atomic E-state index is 0.103. The van der Waals surface area contributed by atoms with Crippen molar-refractivity contribution in [3.8, 4) is 11.8 Å². The minimum atomic E-state index is 0.103. The van der Waals surface area contributed by atoms with Crippen LogP contribution in [0.25, 0.3) is 17.0 Å². The lowest BCUT2D eigenvalue weighted by Crippen LogP contribution is -2.09. The van der Waals surface area contributed by atoms with Crippen molar-refractivity contribution < 1.29 is 4.74 Å². The number of thiocarbonyl (C=S) groups is 1. The van der Waals surface area contributed by atoms with Crippen LogP contribution >= 0.6 is 12.2 Å². The van der Waals surface area contributed by atoms with Crippen molar-refractivity contribution in [1.29, 1.82) is 5.26 Å². The summed E-state index contributed by atoms with van der Waals surface area (Å²) in [5, 5.41) is 10.2. The molecule has 3 rings (SSSR count). The zero-order valence-electron chi connectivity index (χ0n) is 13.6. The highest BCUT2D eigenvalue weighted by Crippen LogP contribution is 2.23. The van der Waals surface area contributed by atoms with Gasteiger partial charge in [-0.25, -0.2) is 0 Å². The number of nitriles is 1. The van der Waals surface area contributed by atoms with Gasteiger partial charge in [0.25, 0.3) is 0 Å². The predicted octanol–water partition coefficient (Wildman–Crippen LogP) is 3.91. The highest BCUT2D eigenvalue weighted by Gasteiger charge is 2.08. The summed E-state index contributed by atoms with van der Waals surface area (Å²) in [6.45, 7) is 1.24. The van der Waals surface area contributed by atoms with Gasteiger partial charge >= 0.3 is 0 Å². The van der Waals surface area contributed by atoms with Crippen LogP contribution < -0.4 is 10.5 Å². The molecule has 0 aliphatic heterocycles. The zero-order valence-corrected chi connectivity index (χ0v) is 14.4. The molecule has 1 aromatic heterocycles. The van der Waals surface area contributed by atoms with Gasteiger partial charge in [-0.1, -0.05) is 48.6 Å². The van der Waals surface area contributed by atoms with Gasteiger partial charge in [0.15, 0.2) is 0 Å². The monoisotopic (exact) mass is 347 g/mol. The first-order chi connectivity index (χ1) is 12.2. The van der Waals surface area contributed by atoms with Crippen LogP contribution in [0.4, 0.5) is 0 Å². The number of aromatic nitrogens is 1. The van der Waals surface area contributed by atoms with E-state index in [-0.39, 0.29) is 4.99 Å². The molecule has 0 bridgehead atoms. The Hall–Kier alpha value is -3.10. The van der Waals surface area contributed by atoms with Crippen molar-refractivity contribution in [2.45, 2.75) is 6.54 Å². The number of hydrogen-bond donors (Lipinski definition) is 1. The van der Waals surface area contributed by atoms with Gasteiger partial charge in [-0.15, -0.1) is 0 Å². The van der Waals surface area contributed by atoms with Crippen LogP contribution in [0.3, 0.4) is 0 Å². The van der Waals surface area contributed by atoms with Crippen LogP contribution in [0.5, 0.6) is 5.75 Å². The molecule has 0 saturated heterocycles. The van der Waals surface area contributed by atoms with Gasteiger partial charge in [-0.05, 0) is 24.3 Å². The SMILES string of the molecule is N#C/C(=C/c1cn(CCOc2ccccc2)c2ccccc12)C(N)=S. The normalized spacial score (nSPS) is 11.2. The van der Waals surface area contributed by atoms with Crippen molar-refractivity contribution in [2.75, 3.05) is 6.61 Å². The lowest BCUT2D eigenvalue weighted by atomic mass is 10.1. The second-order valence-corrected chi connectivity index (χ2v) is 5.93. The number of benzene rings is 2. The van der Waals surface area contributed by atoms with Crippen molar-refractivity contribution in [3.63, 3.8) is 0 Å². The molecule has 0 unspecified atom stereocenters. The standard InChI is InChI=1S/C20H17N3OS/c21-13-15(20(22)25)12-16-14-23(19-9-5-4-8-18(16)19)10-11-24-17-6-2-1-3-7-17/h1-9,12,14H,10-11H2,(H2,22,25)/b15-12-. The van der Waals surface area contributed by atoms with E-state index in [1.165, 1.54) is 0 Å². The molecule has 0 aliphatic rings. The number of nitrogens with zero attached hydrogens (tertiary/aromatic N) is 2. The summed E-state index contributed by atoms with van der Waals surface area (Å²) in [6.07, 6.45) is 3.73. The third kappa shape index (κ3) is 3.87. The third-order valence-corrected chi connectivity index (χ3v) is 4.07. The van der Waals surface area contributed by atoms with Gasteiger partial charge in [-0.2, -0.15) is 5.26 Å². The van der Waals surface area contributed by atoms with Gasteiger partial charge in [0, 0.05) is 22.7 Å². The quantitative estimate of drug-likeness (QED) is 0.417. The van der Waals surface area contributed by atoms with Crippen LogP contribution in [0, 0.1) is 11.3 Å². The smallest absolute Gasteiger partial charge is 0.119 e. The Morgan fingerprint density at radius 2 is 1.88 bits per heavy atom. The lowest BCUT2D eigenvalue weighted by molar-refractivity contribution is 0.300. The Labute approximate surface area is 151 Å². The second kappa shape index (κ2) is 7.65. The molecule has 0 fully saturated rings. The predicted molar refractivity (Wildman–Crippen MR) is 104 cm³/mol. The van der Waals surface area contributed by atoms with E-state index in [4.69, 9.17) is 22.7 Å². The van der Waals surface area contributed by atoms with Crippen molar-refractivity contribution in [3.05, 3.63) is 71.9 Å². The first kappa shape index (κ1) is 16.7. The Morgan fingerprint density at radius 1 is 1.16 bits per heavy atom. The molecule has 0 atom stereocenters. The van der Waals surface area contributed by atoms with Gasteiger partial charge < -0.3 is 15.0 Å². The van der Waals surface area contributed by atoms with Crippen molar-refractivity contribution >= 4 is 34.2 Å². The van der Waals surface area contributed by atoms with Crippen molar-refractivity contribution in [1.82, 2.24) is 4.57 Å². The Kier molecular flexibility index (Phi) is 5.12. The molecule has 0 amide bonds. The van der Waals surface area contributed by atoms with E-state index < -0.39 is 0 Å². The molecule has 0 spiro atoms. The molecule has 0 radical (unpaired) electrons. The fourth-order valence-electron chi connectivity index (χ4n) is 2.67. The van der Waals surface area contributed by atoms with E-state index in [1.807, 2.05) is 66.9 Å². The molecular formula is C20H17N3OS. The molecule has 1 heterocycles. The summed E-state index contributed by atoms with van der Waals surface area (Å²) in [6, 6.07) is 19.8. The average Bonchev–Trinajstić information content (AvgIpc) is 2.98. The number of fused-ring (bicyclic) bond motifs is 1. The van der Waals surface area contributed by atoms with Gasteiger partial charge in [0.1, 0.15) is 23.4 Å². The Bertz CT molecular complexity index is 968. The number of hydrogen-bond acceptors (Lipinski definition) is 3. The summed E-state index contributed by atoms with van der Waals surface area (Å²) in [4.78, 5) is 0.103. The molecule has 0 saturated carbocycles. The molecule has 2 N–H and O–H groups in total. The first-order valence-corrected chi connectivity index (χ1v) is 8.27. The molecular weight excluding hydrogens is 330 g/mol. The molecule has 5 heteroatoms. The highest BCUT2D eigenvalue weighted by molar-refractivity contribution is 7.80. The summed E-state index contributed by atoms with van der Waals surface area (Å²) >= 11 is 4.93. The summed E-state index contributed by atoms with van der Waals surface area (Å²) in [5.41, 5.74) is 7.90. The van der Waals surface area contributed by atoms with Crippen LogP contribution in [-0.2, 0) is 6.54 Å². The maximum absolute atomic E-state index is 9.19. The molecule has 0 aliphatic carbocycles. The van der Waals surface area contributed by atoms with Crippen LogP contribution in [-0.4, -0.2) is 16.2 Å². The van der Waals surface area contributed by atoms with E-state index in [2.05, 4.69) is 4.57 Å². The molecule has 25 heavy (non-hydrogen) atoms. The Balaban J connectivity index is 1.86. The maximum atomic E-state index is 9.19. The molecule has 124 valence electrons. The summed E-state index contributed by atoms with van der Waals surface area (Å²) in [7, 11) is 0. The lowest BCUT2D eigenvalue weighted by Gasteiger charge is -2.08. The fraction of sp³-hybridized carbons (Fsp3) is 0.100. The minimum Gasteiger partial charge on any atom is -0.492 e. The maximum Gasteiger partial charge on any atom is 0.119 e. The number of nitrogens with two attached hydrogens (primary N) is 1. The van der Waals surface area contributed by atoms with E-state index in [1.54, 1.807) is 6.08 Å². The van der Waals surface area contributed by atoms with Gasteiger partial charge in [0.05, 0.1) is 12.1 Å². The Morgan fingerprint density at radius 3 is 2.60 bits per heavy atom. The average molecular weight is 347 g/mol. The fourth-order valence-corrected chi connectivity index (χ4v) is 2.77. The highest BCUT2D eigenvalue weighted by atomic mass is 32.1. The number of ether oxygens (including phenoxy) is 1. The summed E-state index contributed by atoms with van der Waals surface area (Å²) < 4.78 is 7.89. The topological polar surface area (TPSA) is 64.0 Å². The van der Waals surface area contributed by atoms with E-state index in [9.17, 15) is 5.26 Å². The number of para-hydroxylation sites is 2. The van der Waals surface area contributed by atoms with Gasteiger partial charge in [0.2, 0.25) is 0 Å². The van der Waals surface area contributed by atoms with Crippen LogP contribution in [0.15, 0.2) is 66.4 Å². The van der Waals surface area contributed by atoms with E-state index in [0.717, 1.165) is 22.2 Å². The third-order valence-electron chi connectivity index (χ3n) is 3.85. The zero-order chi connectivity index (χ0) is 17.6. The molecule has 4 nitrogen and oxygen atoms in total. The van der Waals surface area contributed by atoms with Gasteiger partial charge in [-0.3, -0.25) is 0 Å². The largest absolute Gasteiger partial charge is 0.492 e.